The summed E-state index contributed by atoms with van der Waals surface area (Å²) >= 11 is 0. The molecule has 1 aliphatic rings. The van der Waals surface area contributed by atoms with E-state index in [0.29, 0.717) is 6.42 Å². The van der Waals surface area contributed by atoms with Crippen LogP contribution in [0, 0.1) is 0 Å². The van der Waals surface area contributed by atoms with Crippen molar-refractivity contribution in [2.24, 2.45) is 5.73 Å². The average molecular weight is 269 g/mol. The van der Waals surface area contributed by atoms with E-state index >= 15 is 0 Å². The van der Waals surface area contributed by atoms with Crippen LogP contribution in [0.2, 0.25) is 0 Å². The van der Waals surface area contributed by atoms with Crippen LogP contribution in [0.25, 0.3) is 0 Å². The lowest BCUT2D eigenvalue weighted by molar-refractivity contribution is -0.121. The summed E-state index contributed by atoms with van der Waals surface area (Å²) in [6, 6.07) is 0. The molecule has 0 bridgehead atoms. The molecule has 4 heteroatoms. The third kappa shape index (κ3) is 4.77. The summed E-state index contributed by atoms with van der Waals surface area (Å²) in [7, 11) is 1.71. The molecule has 1 saturated carbocycles. The highest BCUT2D eigenvalue weighted by atomic mass is 16.1. The third-order valence-electron chi connectivity index (χ3n) is 4.47. The summed E-state index contributed by atoms with van der Waals surface area (Å²) in [5.74, 6) is 0.127. The smallest absolute Gasteiger partial charge is 0.221 e. The Balaban J connectivity index is 2.70. The zero-order chi connectivity index (χ0) is 14.1. The Morgan fingerprint density at radius 3 is 2.32 bits per heavy atom. The Hall–Kier alpha value is -0.610. The quantitative estimate of drug-likeness (QED) is 0.694. The van der Waals surface area contributed by atoms with Crippen molar-refractivity contribution in [3.05, 3.63) is 0 Å². The second-order valence-corrected chi connectivity index (χ2v) is 5.75. The van der Waals surface area contributed by atoms with Gasteiger partial charge in [0.1, 0.15) is 0 Å². The molecule has 112 valence electrons. The molecule has 1 rings (SSSR count). The monoisotopic (exact) mass is 269 g/mol. The molecular formula is C15H31N3O. The number of rotatable bonds is 7. The SMILES string of the molecule is CCCN(CCC(=O)NC)C1(CN)CCCCCC1. The highest BCUT2D eigenvalue weighted by molar-refractivity contribution is 5.75. The van der Waals surface area contributed by atoms with Crippen LogP contribution >= 0.6 is 0 Å². The van der Waals surface area contributed by atoms with Gasteiger partial charge in [-0.15, -0.1) is 0 Å². The molecule has 4 nitrogen and oxygen atoms in total. The van der Waals surface area contributed by atoms with E-state index in [4.69, 9.17) is 5.73 Å². The van der Waals surface area contributed by atoms with Gasteiger partial charge in [0, 0.05) is 32.1 Å². The van der Waals surface area contributed by atoms with Gasteiger partial charge in [0.2, 0.25) is 5.91 Å². The topological polar surface area (TPSA) is 58.4 Å². The average Bonchev–Trinajstić information content (AvgIpc) is 2.69. The minimum atomic E-state index is 0.127. The molecule has 3 N–H and O–H groups in total. The Kier molecular flexibility index (Phi) is 7.39. The van der Waals surface area contributed by atoms with E-state index in [-0.39, 0.29) is 11.4 Å². The fraction of sp³-hybridized carbons (Fsp3) is 0.933. The van der Waals surface area contributed by atoms with Gasteiger partial charge in [-0.3, -0.25) is 9.69 Å². The van der Waals surface area contributed by atoms with Crippen molar-refractivity contribution in [3.63, 3.8) is 0 Å². The van der Waals surface area contributed by atoms with Gasteiger partial charge in [0.25, 0.3) is 0 Å². The van der Waals surface area contributed by atoms with Crippen molar-refractivity contribution in [3.8, 4) is 0 Å². The van der Waals surface area contributed by atoms with Gasteiger partial charge >= 0.3 is 0 Å². The van der Waals surface area contributed by atoms with Crippen molar-refractivity contribution in [2.75, 3.05) is 26.7 Å². The molecule has 0 saturated heterocycles. The lowest BCUT2D eigenvalue weighted by Crippen LogP contribution is -2.54. The molecule has 0 heterocycles. The molecule has 0 unspecified atom stereocenters. The van der Waals surface area contributed by atoms with Gasteiger partial charge in [-0.25, -0.2) is 0 Å². The van der Waals surface area contributed by atoms with Crippen molar-refractivity contribution in [1.29, 1.82) is 0 Å². The van der Waals surface area contributed by atoms with Crippen molar-refractivity contribution < 1.29 is 4.79 Å². The predicted molar refractivity (Wildman–Crippen MR) is 80.0 cm³/mol. The van der Waals surface area contributed by atoms with E-state index < -0.39 is 0 Å². The van der Waals surface area contributed by atoms with Gasteiger partial charge in [-0.1, -0.05) is 32.6 Å². The first kappa shape index (κ1) is 16.4. The summed E-state index contributed by atoms with van der Waals surface area (Å²) in [6.45, 7) is 4.81. The van der Waals surface area contributed by atoms with Crippen LogP contribution in [0.5, 0.6) is 0 Å². The number of nitrogens with two attached hydrogens (primary N) is 1. The molecule has 0 aromatic heterocycles. The molecule has 0 aliphatic heterocycles. The van der Waals surface area contributed by atoms with Gasteiger partial charge < -0.3 is 11.1 Å². The first-order valence-electron chi connectivity index (χ1n) is 7.84. The second-order valence-electron chi connectivity index (χ2n) is 5.75. The second kappa shape index (κ2) is 8.54. The molecular weight excluding hydrogens is 238 g/mol. The highest BCUT2D eigenvalue weighted by Crippen LogP contribution is 2.32. The Morgan fingerprint density at radius 2 is 1.84 bits per heavy atom. The molecule has 0 aromatic rings. The standard InChI is InChI=1S/C15H31N3O/c1-3-11-18(12-8-14(19)17-2)15(13-16)9-6-4-5-7-10-15/h3-13,16H2,1-2H3,(H,17,19). The molecule has 0 aromatic carbocycles. The first-order valence-corrected chi connectivity index (χ1v) is 7.84. The maximum Gasteiger partial charge on any atom is 0.221 e. The summed E-state index contributed by atoms with van der Waals surface area (Å²) < 4.78 is 0. The zero-order valence-corrected chi connectivity index (χ0v) is 12.7. The summed E-state index contributed by atoms with van der Waals surface area (Å²) in [5, 5.41) is 2.71. The lowest BCUT2D eigenvalue weighted by atomic mass is 9.87. The largest absolute Gasteiger partial charge is 0.359 e. The molecule has 1 amide bonds. The molecule has 1 aliphatic carbocycles. The van der Waals surface area contributed by atoms with E-state index in [9.17, 15) is 4.79 Å². The number of nitrogens with zero attached hydrogens (tertiary/aromatic N) is 1. The van der Waals surface area contributed by atoms with Crippen LogP contribution in [0.3, 0.4) is 0 Å². The van der Waals surface area contributed by atoms with E-state index in [2.05, 4.69) is 17.1 Å². The van der Waals surface area contributed by atoms with Crippen molar-refractivity contribution >= 4 is 5.91 Å². The third-order valence-corrected chi connectivity index (χ3v) is 4.47. The summed E-state index contributed by atoms with van der Waals surface area (Å²) in [5.41, 5.74) is 6.27. The number of carbonyl (C=O) groups excluding carboxylic acids is 1. The van der Waals surface area contributed by atoms with Crippen LogP contribution in [0.4, 0.5) is 0 Å². The summed E-state index contributed by atoms with van der Waals surface area (Å²) in [4.78, 5) is 14.0. The Labute approximate surface area is 118 Å². The van der Waals surface area contributed by atoms with Crippen molar-refractivity contribution in [2.45, 2.75) is 63.8 Å². The van der Waals surface area contributed by atoms with Crippen LogP contribution in [-0.2, 0) is 4.79 Å². The van der Waals surface area contributed by atoms with E-state index in [0.717, 1.165) is 26.1 Å². The minimum Gasteiger partial charge on any atom is -0.359 e. The summed E-state index contributed by atoms with van der Waals surface area (Å²) in [6.07, 6.45) is 9.30. The Bertz CT molecular complexity index is 260. The van der Waals surface area contributed by atoms with Gasteiger partial charge in [-0.05, 0) is 25.8 Å². The van der Waals surface area contributed by atoms with E-state index in [1.54, 1.807) is 7.05 Å². The number of amides is 1. The van der Waals surface area contributed by atoms with Gasteiger partial charge in [-0.2, -0.15) is 0 Å². The van der Waals surface area contributed by atoms with Crippen molar-refractivity contribution in [1.82, 2.24) is 10.2 Å². The number of hydrogen-bond acceptors (Lipinski definition) is 3. The van der Waals surface area contributed by atoms with Crippen LogP contribution in [-0.4, -0.2) is 43.0 Å². The van der Waals surface area contributed by atoms with Crippen LogP contribution in [0.1, 0.15) is 58.3 Å². The minimum absolute atomic E-state index is 0.127. The lowest BCUT2D eigenvalue weighted by Gasteiger charge is -2.43. The van der Waals surface area contributed by atoms with Gasteiger partial charge in [0.05, 0.1) is 0 Å². The molecule has 19 heavy (non-hydrogen) atoms. The maximum atomic E-state index is 11.5. The van der Waals surface area contributed by atoms with Crippen LogP contribution in [0.15, 0.2) is 0 Å². The van der Waals surface area contributed by atoms with E-state index in [1.807, 2.05) is 0 Å². The number of nitrogens with one attached hydrogen (secondary N) is 1. The Morgan fingerprint density at radius 1 is 1.21 bits per heavy atom. The molecule has 1 fully saturated rings. The van der Waals surface area contributed by atoms with E-state index in [1.165, 1.54) is 38.5 Å². The maximum absolute atomic E-state index is 11.5. The highest BCUT2D eigenvalue weighted by Gasteiger charge is 2.35. The molecule has 0 radical (unpaired) electrons. The molecule has 0 spiro atoms. The first-order chi connectivity index (χ1) is 9.18. The predicted octanol–water partition coefficient (Wildman–Crippen LogP) is 1.89. The van der Waals surface area contributed by atoms with Gasteiger partial charge in [0.15, 0.2) is 0 Å². The normalized spacial score (nSPS) is 19.2. The fourth-order valence-electron chi connectivity index (χ4n) is 3.25. The molecule has 0 atom stereocenters. The number of hydrogen-bond donors (Lipinski definition) is 2. The fourth-order valence-corrected chi connectivity index (χ4v) is 3.25. The zero-order valence-electron chi connectivity index (χ0n) is 12.7. The number of carbonyl (C=O) groups is 1. The van der Waals surface area contributed by atoms with Crippen LogP contribution < -0.4 is 11.1 Å².